The number of benzene rings is 1. The fraction of sp³-hybridized carbons (Fsp3) is 0.100. The highest BCUT2D eigenvalue weighted by Crippen LogP contribution is 2.33. The third-order valence-corrected chi connectivity index (χ3v) is 3.07. The van der Waals surface area contributed by atoms with Crippen LogP contribution < -0.4 is 4.74 Å². The van der Waals surface area contributed by atoms with Gasteiger partial charge in [0.2, 0.25) is 0 Å². The van der Waals surface area contributed by atoms with Crippen molar-refractivity contribution in [2.45, 2.75) is 0 Å². The Balaban J connectivity index is 3.20. The highest BCUT2D eigenvalue weighted by Gasteiger charge is 2.15. The molecule has 0 fully saturated rings. The molecule has 0 heterocycles. The van der Waals surface area contributed by atoms with Crippen molar-refractivity contribution in [2.75, 3.05) is 6.61 Å². The Morgan fingerprint density at radius 1 is 1.53 bits per heavy atom. The first-order valence-corrected chi connectivity index (χ1v) is 5.56. The normalized spacial score (nSPS) is 9.80. The lowest BCUT2D eigenvalue weighted by molar-refractivity contribution is 0.112. The van der Waals surface area contributed by atoms with Gasteiger partial charge in [0.1, 0.15) is 6.61 Å². The quantitative estimate of drug-likeness (QED) is 0.475. The van der Waals surface area contributed by atoms with Gasteiger partial charge in [-0.1, -0.05) is 12.7 Å². The zero-order valence-electron chi connectivity index (χ0n) is 7.60. The molecule has 1 aromatic rings. The minimum atomic E-state index is -0.595. The molecule has 0 amide bonds. The summed E-state index contributed by atoms with van der Waals surface area (Å²) < 4.78 is 19.2. The summed E-state index contributed by atoms with van der Waals surface area (Å²) in [6, 6.07) is 1.41. The number of aldehydes is 1. The van der Waals surface area contributed by atoms with Crippen LogP contribution in [0.25, 0.3) is 0 Å². The Morgan fingerprint density at radius 2 is 2.20 bits per heavy atom. The molecule has 1 rings (SSSR count). The standard InChI is InChI=1S/C10H7Br2FO2/c1-2-3-15-8-4-7(11)6(5-14)9(12)10(8)13/h2,4-5H,1,3H2. The third kappa shape index (κ3) is 2.66. The van der Waals surface area contributed by atoms with E-state index < -0.39 is 5.82 Å². The van der Waals surface area contributed by atoms with Gasteiger partial charge in [0, 0.05) is 10.0 Å². The summed E-state index contributed by atoms with van der Waals surface area (Å²) in [5.41, 5.74) is 0.221. The molecule has 15 heavy (non-hydrogen) atoms. The Hall–Kier alpha value is -0.680. The van der Waals surface area contributed by atoms with Crippen LogP contribution in [-0.2, 0) is 0 Å². The molecule has 0 aromatic heterocycles. The number of carbonyl (C=O) groups is 1. The van der Waals surface area contributed by atoms with Crippen LogP contribution in [0, 0.1) is 5.82 Å². The Bertz CT molecular complexity index is 405. The predicted molar refractivity (Wildman–Crippen MR) is 62.9 cm³/mol. The highest BCUT2D eigenvalue weighted by atomic mass is 79.9. The molecule has 2 nitrogen and oxygen atoms in total. The van der Waals surface area contributed by atoms with E-state index in [1.807, 2.05) is 0 Å². The van der Waals surface area contributed by atoms with Gasteiger partial charge in [-0.2, -0.15) is 0 Å². The Labute approximate surface area is 103 Å². The maximum absolute atomic E-state index is 13.6. The van der Waals surface area contributed by atoms with E-state index in [2.05, 4.69) is 38.4 Å². The molecular formula is C10H7Br2FO2. The monoisotopic (exact) mass is 336 g/mol. The van der Waals surface area contributed by atoms with Gasteiger partial charge < -0.3 is 4.74 Å². The minimum absolute atomic E-state index is 0.0687. The number of carbonyl (C=O) groups excluding carboxylic acids is 1. The molecule has 1 aromatic carbocycles. The Morgan fingerprint density at radius 3 is 2.73 bits per heavy atom. The first kappa shape index (κ1) is 12.4. The molecule has 0 atom stereocenters. The highest BCUT2D eigenvalue weighted by molar-refractivity contribution is 9.11. The molecule has 0 saturated heterocycles. The van der Waals surface area contributed by atoms with Crippen molar-refractivity contribution < 1.29 is 13.9 Å². The van der Waals surface area contributed by atoms with Crippen LogP contribution in [0.4, 0.5) is 4.39 Å². The molecule has 0 aliphatic carbocycles. The van der Waals surface area contributed by atoms with Gasteiger partial charge in [-0.15, -0.1) is 0 Å². The van der Waals surface area contributed by atoms with E-state index in [4.69, 9.17) is 4.74 Å². The summed E-state index contributed by atoms with van der Waals surface area (Å²) >= 11 is 6.14. The Kier molecular flexibility index (Phi) is 4.47. The van der Waals surface area contributed by atoms with Crippen molar-refractivity contribution >= 4 is 38.1 Å². The van der Waals surface area contributed by atoms with E-state index in [1.54, 1.807) is 0 Å². The summed E-state index contributed by atoms with van der Waals surface area (Å²) in [4.78, 5) is 10.6. The summed E-state index contributed by atoms with van der Waals surface area (Å²) in [5.74, 6) is -0.526. The second kappa shape index (κ2) is 5.42. The summed E-state index contributed by atoms with van der Waals surface area (Å²) in [7, 11) is 0. The van der Waals surface area contributed by atoms with Crippen molar-refractivity contribution in [3.05, 3.63) is 39.0 Å². The fourth-order valence-electron chi connectivity index (χ4n) is 0.949. The van der Waals surface area contributed by atoms with Crippen LogP contribution in [0.5, 0.6) is 5.75 Å². The largest absolute Gasteiger partial charge is 0.486 e. The van der Waals surface area contributed by atoms with Crippen LogP contribution in [0.1, 0.15) is 10.4 Å². The van der Waals surface area contributed by atoms with Crippen molar-refractivity contribution in [3.8, 4) is 5.75 Å². The average molecular weight is 338 g/mol. The molecule has 0 unspecified atom stereocenters. The number of hydrogen-bond donors (Lipinski definition) is 0. The van der Waals surface area contributed by atoms with Gasteiger partial charge in [0.15, 0.2) is 17.9 Å². The topological polar surface area (TPSA) is 26.3 Å². The molecule has 80 valence electrons. The van der Waals surface area contributed by atoms with E-state index in [0.717, 1.165) is 0 Å². The summed E-state index contributed by atoms with van der Waals surface area (Å²) in [6.07, 6.45) is 2.07. The molecule has 0 aliphatic heterocycles. The van der Waals surface area contributed by atoms with Crippen molar-refractivity contribution in [2.24, 2.45) is 0 Å². The molecule has 0 saturated carbocycles. The number of rotatable bonds is 4. The van der Waals surface area contributed by atoms with Crippen molar-refractivity contribution in [3.63, 3.8) is 0 Å². The van der Waals surface area contributed by atoms with Crippen molar-refractivity contribution in [1.29, 1.82) is 0 Å². The third-order valence-electron chi connectivity index (χ3n) is 1.64. The van der Waals surface area contributed by atoms with Crippen LogP contribution >= 0.6 is 31.9 Å². The van der Waals surface area contributed by atoms with Crippen LogP contribution in [-0.4, -0.2) is 12.9 Å². The van der Waals surface area contributed by atoms with E-state index in [-0.39, 0.29) is 22.4 Å². The van der Waals surface area contributed by atoms with E-state index in [9.17, 15) is 9.18 Å². The maximum atomic E-state index is 13.6. The number of halogens is 3. The molecular weight excluding hydrogens is 331 g/mol. The zero-order chi connectivity index (χ0) is 11.4. The lowest BCUT2D eigenvalue weighted by atomic mass is 10.2. The van der Waals surface area contributed by atoms with Crippen LogP contribution in [0.2, 0.25) is 0 Å². The van der Waals surface area contributed by atoms with Gasteiger partial charge in [-0.3, -0.25) is 4.79 Å². The molecule has 0 spiro atoms. The second-order valence-electron chi connectivity index (χ2n) is 2.62. The zero-order valence-corrected chi connectivity index (χ0v) is 10.8. The molecule has 0 N–H and O–H groups in total. The van der Waals surface area contributed by atoms with E-state index >= 15 is 0 Å². The smallest absolute Gasteiger partial charge is 0.180 e. The fourth-order valence-corrected chi connectivity index (χ4v) is 2.22. The van der Waals surface area contributed by atoms with Gasteiger partial charge in [-0.25, -0.2) is 4.39 Å². The summed E-state index contributed by atoms with van der Waals surface area (Å²) in [6.45, 7) is 3.66. The van der Waals surface area contributed by atoms with Crippen LogP contribution in [0.3, 0.4) is 0 Å². The number of hydrogen-bond acceptors (Lipinski definition) is 2. The molecule has 0 radical (unpaired) electrons. The molecule has 0 aliphatic rings. The first-order chi connectivity index (χ1) is 7.11. The average Bonchev–Trinajstić information content (AvgIpc) is 2.22. The van der Waals surface area contributed by atoms with Crippen LogP contribution in [0.15, 0.2) is 27.7 Å². The number of ether oxygens (including phenoxy) is 1. The second-order valence-corrected chi connectivity index (χ2v) is 4.26. The maximum Gasteiger partial charge on any atom is 0.180 e. The lowest BCUT2D eigenvalue weighted by Crippen LogP contribution is -1.99. The lowest BCUT2D eigenvalue weighted by Gasteiger charge is -2.09. The SMILES string of the molecule is C=CCOc1cc(Br)c(C=O)c(Br)c1F. The van der Waals surface area contributed by atoms with Gasteiger partial charge >= 0.3 is 0 Å². The predicted octanol–water partition coefficient (Wildman–Crippen LogP) is 3.73. The minimum Gasteiger partial charge on any atom is -0.486 e. The van der Waals surface area contributed by atoms with E-state index in [1.165, 1.54) is 12.1 Å². The van der Waals surface area contributed by atoms with E-state index in [0.29, 0.717) is 10.8 Å². The van der Waals surface area contributed by atoms with Gasteiger partial charge in [0.25, 0.3) is 0 Å². The molecule has 0 bridgehead atoms. The first-order valence-electron chi connectivity index (χ1n) is 3.98. The van der Waals surface area contributed by atoms with Crippen molar-refractivity contribution in [1.82, 2.24) is 0 Å². The summed E-state index contributed by atoms with van der Waals surface area (Å²) in [5, 5.41) is 0. The van der Waals surface area contributed by atoms with Gasteiger partial charge in [-0.05, 0) is 37.9 Å². The molecule has 5 heteroatoms. The van der Waals surface area contributed by atoms with Gasteiger partial charge in [0.05, 0.1) is 4.47 Å².